The van der Waals surface area contributed by atoms with Crippen molar-refractivity contribution in [3.63, 3.8) is 0 Å². The van der Waals surface area contributed by atoms with Crippen molar-refractivity contribution in [2.45, 2.75) is 19.3 Å². The van der Waals surface area contributed by atoms with Crippen LogP contribution in [-0.2, 0) is 10.2 Å². The molecule has 0 saturated carbocycles. The van der Waals surface area contributed by atoms with Crippen molar-refractivity contribution in [3.8, 4) is 0 Å². The molecule has 0 atom stereocenters. The lowest BCUT2D eigenvalue weighted by atomic mass is 10.2. The quantitative estimate of drug-likeness (QED) is 0.833. The molecular weight excluding hydrogens is 288 g/mol. The first-order valence-corrected chi connectivity index (χ1v) is 8.98. The van der Waals surface area contributed by atoms with E-state index in [0.717, 1.165) is 38.0 Å². The monoisotopic (exact) mass is 310 g/mol. The Morgan fingerprint density at radius 1 is 0.810 bits per heavy atom. The smallest absolute Gasteiger partial charge is 0.282 e. The van der Waals surface area contributed by atoms with Crippen LogP contribution in [0.15, 0.2) is 24.5 Å². The molecule has 3 rings (SSSR count). The molecule has 3 heterocycles. The second kappa shape index (κ2) is 6.29. The Balaban J connectivity index is 1.62. The first-order valence-electron chi connectivity index (χ1n) is 7.58. The van der Waals surface area contributed by atoms with Crippen molar-refractivity contribution in [1.29, 1.82) is 0 Å². The number of aromatic nitrogens is 1. The largest absolute Gasteiger partial charge is 0.369 e. The molecule has 0 N–H and O–H groups in total. The topological polar surface area (TPSA) is 56.8 Å². The summed E-state index contributed by atoms with van der Waals surface area (Å²) in [6.07, 6.45) is 6.65. The van der Waals surface area contributed by atoms with Gasteiger partial charge in [0, 0.05) is 57.3 Å². The van der Waals surface area contributed by atoms with Gasteiger partial charge in [0.25, 0.3) is 10.2 Å². The molecule has 1 aromatic heterocycles. The Kier molecular flexibility index (Phi) is 4.42. The predicted octanol–water partition coefficient (Wildman–Crippen LogP) is 0.934. The van der Waals surface area contributed by atoms with E-state index in [0.29, 0.717) is 26.2 Å². The Morgan fingerprint density at radius 3 is 2.00 bits per heavy atom. The van der Waals surface area contributed by atoms with Crippen molar-refractivity contribution in [2.24, 2.45) is 0 Å². The summed E-state index contributed by atoms with van der Waals surface area (Å²) in [7, 11) is -3.26. The highest BCUT2D eigenvalue weighted by atomic mass is 32.2. The minimum Gasteiger partial charge on any atom is -0.369 e. The summed E-state index contributed by atoms with van der Waals surface area (Å²) in [5.74, 6) is 0. The number of piperazine rings is 1. The number of rotatable bonds is 3. The summed E-state index contributed by atoms with van der Waals surface area (Å²) in [5.41, 5.74) is 1.11. The van der Waals surface area contributed by atoms with Crippen molar-refractivity contribution in [2.75, 3.05) is 44.2 Å². The minimum absolute atomic E-state index is 0.557. The van der Waals surface area contributed by atoms with E-state index in [2.05, 4.69) is 9.88 Å². The van der Waals surface area contributed by atoms with E-state index in [1.807, 2.05) is 12.1 Å². The third-order valence-electron chi connectivity index (χ3n) is 4.23. The summed E-state index contributed by atoms with van der Waals surface area (Å²) in [6, 6.07) is 3.93. The fraction of sp³-hybridized carbons (Fsp3) is 0.643. The normalized spacial score (nSPS) is 22.4. The maximum absolute atomic E-state index is 12.6. The van der Waals surface area contributed by atoms with E-state index in [1.165, 1.54) is 0 Å². The van der Waals surface area contributed by atoms with E-state index in [1.54, 1.807) is 21.0 Å². The molecule has 0 unspecified atom stereocenters. The van der Waals surface area contributed by atoms with Crippen molar-refractivity contribution in [1.82, 2.24) is 13.6 Å². The van der Waals surface area contributed by atoms with Gasteiger partial charge in [-0.15, -0.1) is 0 Å². The van der Waals surface area contributed by atoms with Gasteiger partial charge in [0.15, 0.2) is 0 Å². The summed E-state index contributed by atoms with van der Waals surface area (Å²) in [4.78, 5) is 6.23. The average Bonchev–Trinajstić information content (AvgIpc) is 2.57. The number of nitrogens with zero attached hydrogens (tertiary/aromatic N) is 4. The Hall–Kier alpha value is -1.18. The molecule has 21 heavy (non-hydrogen) atoms. The van der Waals surface area contributed by atoms with Gasteiger partial charge in [-0.3, -0.25) is 4.98 Å². The van der Waals surface area contributed by atoms with Crippen LogP contribution in [0.5, 0.6) is 0 Å². The number of hydrogen-bond donors (Lipinski definition) is 0. The fourth-order valence-corrected chi connectivity index (χ4v) is 4.66. The fourth-order valence-electron chi connectivity index (χ4n) is 2.99. The molecule has 2 saturated heterocycles. The maximum atomic E-state index is 12.6. The molecule has 0 bridgehead atoms. The van der Waals surface area contributed by atoms with Gasteiger partial charge < -0.3 is 4.90 Å². The zero-order valence-corrected chi connectivity index (χ0v) is 13.0. The van der Waals surface area contributed by atoms with Crippen molar-refractivity contribution in [3.05, 3.63) is 24.5 Å². The lowest BCUT2D eigenvalue weighted by molar-refractivity contribution is 0.295. The highest BCUT2D eigenvalue weighted by molar-refractivity contribution is 7.86. The zero-order chi connectivity index (χ0) is 14.7. The molecule has 0 spiro atoms. The van der Waals surface area contributed by atoms with Gasteiger partial charge in [0.2, 0.25) is 0 Å². The van der Waals surface area contributed by atoms with Gasteiger partial charge in [0.05, 0.1) is 0 Å². The van der Waals surface area contributed by atoms with Crippen LogP contribution in [0.25, 0.3) is 0 Å². The molecule has 1 aromatic rings. The summed E-state index contributed by atoms with van der Waals surface area (Å²) in [6.45, 7) is 3.93. The van der Waals surface area contributed by atoms with Crippen LogP contribution in [0.3, 0.4) is 0 Å². The first kappa shape index (κ1) is 14.7. The van der Waals surface area contributed by atoms with Gasteiger partial charge >= 0.3 is 0 Å². The van der Waals surface area contributed by atoms with Crippen LogP contribution in [0.2, 0.25) is 0 Å². The van der Waals surface area contributed by atoms with Gasteiger partial charge in [-0.05, 0) is 25.0 Å². The molecule has 2 fully saturated rings. The number of anilines is 1. The summed E-state index contributed by atoms with van der Waals surface area (Å²) in [5, 5.41) is 0. The molecule has 0 aliphatic carbocycles. The van der Waals surface area contributed by atoms with E-state index in [-0.39, 0.29) is 0 Å². The number of piperidine rings is 1. The van der Waals surface area contributed by atoms with Crippen LogP contribution in [0.1, 0.15) is 19.3 Å². The summed E-state index contributed by atoms with van der Waals surface area (Å²) < 4.78 is 28.5. The lowest BCUT2D eigenvalue weighted by Crippen LogP contribution is -2.53. The van der Waals surface area contributed by atoms with Gasteiger partial charge in [0.1, 0.15) is 0 Å². The molecule has 6 nitrogen and oxygen atoms in total. The average molecular weight is 310 g/mol. The zero-order valence-electron chi connectivity index (χ0n) is 12.2. The Morgan fingerprint density at radius 2 is 1.38 bits per heavy atom. The second-order valence-electron chi connectivity index (χ2n) is 5.56. The standard InChI is InChI=1S/C14H22N4O2S/c19-21(20,17-8-2-1-3-9-17)18-12-10-16(11-13-18)14-4-6-15-7-5-14/h4-7H,1-3,8-13H2. The van der Waals surface area contributed by atoms with Crippen LogP contribution in [-0.4, -0.2) is 61.3 Å². The lowest BCUT2D eigenvalue weighted by Gasteiger charge is -2.38. The number of hydrogen-bond acceptors (Lipinski definition) is 4. The molecule has 2 aliphatic heterocycles. The highest BCUT2D eigenvalue weighted by Crippen LogP contribution is 2.20. The summed E-state index contributed by atoms with van der Waals surface area (Å²) >= 11 is 0. The van der Waals surface area contributed by atoms with Gasteiger partial charge in [-0.25, -0.2) is 0 Å². The first-order chi connectivity index (χ1) is 10.2. The van der Waals surface area contributed by atoms with E-state index >= 15 is 0 Å². The van der Waals surface area contributed by atoms with E-state index in [9.17, 15) is 8.42 Å². The Bertz CT molecular complexity index is 550. The third-order valence-corrected chi connectivity index (χ3v) is 6.27. The van der Waals surface area contributed by atoms with Crippen LogP contribution >= 0.6 is 0 Å². The predicted molar refractivity (Wildman–Crippen MR) is 82.4 cm³/mol. The van der Waals surface area contributed by atoms with Crippen LogP contribution in [0.4, 0.5) is 5.69 Å². The second-order valence-corrected chi connectivity index (χ2v) is 7.49. The molecule has 0 radical (unpaired) electrons. The van der Waals surface area contributed by atoms with Gasteiger partial charge in [-0.1, -0.05) is 6.42 Å². The molecule has 2 aliphatic rings. The SMILES string of the molecule is O=S(=O)(N1CCCCC1)N1CCN(c2ccncc2)CC1. The maximum Gasteiger partial charge on any atom is 0.282 e. The highest BCUT2D eigenvalue weighted by Gasteiger charge is 2.32. The molecule has 0 aromatic carbocycles. The van der Waals surface area contributed by atoms with E-state index < -0.39 is 10.2 Å². The molecular formula is C14H22N4O2S. The third kappa shape index (κ3) is 3.20. The molecule has 0 amide bonds. The minimum atomic E-state index is -3.26. The van der Waals surface area contributed by atoms with Gasteiger partial charge in [-0.2, -0.15) is 17.0 Å². The van der Waals surface area contributed by atoms with E-state index in [4.69, 9.17) is 0 Å². The van der Waals surface area contributed by atoms with Crippen molar-refractivity contribution >= 4 is 15.9 Å². The Labute approximate surface area is 126 Å². The van der Waals surface area contributed by atoms with Crippen molar-refractivity contribution < 1.29 is 8.42 Å². The van der Waals surface area contributed by atoms with Crippen LogP contribution < -0.4 is 4.90 Å². The number of pyridine rings is 1. The molecule has 116 valence electrons. The molecule has 7 heteroatoms. The van der Waals surface area contributed by atoms with Crippen LogP contribution in [0, 0.1) is 0 Å².